The number of rotatable bonds is 1. The quantitative estimate of drug-likeness (QED) is 0.680. The number of aromatic amines is 1. The predicted molar refractivity (Wildman–Crippen MR) is 91.0 cm³/mol. The third-order valence-electron chi connectivity index (χ3n) is 3.19. The summed E-state index contributed by atoms with van der Waals surface area (Å²) in [7, 11) is 0. The Morgan fingerprint density at radius 2 is 1.64 bits per heavy atom. The van der Waals surface area contributed by atoms with Crippen molar-refractivity contribution in [3.8, 4) is 5.69 Å². The van der Waals surface area contributed by atoms with Gasteiger partial charge in [0.05, 0.1) is 26.5 Å². The maximum absolute atomic E-state index is 12.8. The first-order valence-electron chi connectivity index (χ1n) is 6.23. The first kappa shape index (κ1) is 15.0. The molecule has 0 saturated carbocycles. The number of H-pyrrole nitrogens is 1. The first-order chi connectivity index (χ1) is 10.5. The molecule has 3 rings (SSSR count). The van der Waals surface area contributed by atoms with E-state index in [1.807, 2.05) is 0 Å². The maximum Gasteiger partial charge on any atom is 0.265 e. The molecule has 3 aromatic rings. The van der Waals surface area contributed by atoms with E-state index in [0.29, 0.717) is 15.7 Å². The fraction of sp³-hybridized carbons (Fsp3) is 0. The van der Waals surface area contributed by atoms with Gasteiger partial charge < -0.3 is 0 Å². The van der Waals surface area contributed by atoms with Crippen molar-refractivity contribution in [3.63, 3.8) is 0 Å². The highest BCUT2D eigenvalue weighted by atomic mass is 35.5. The van der Waals surface area contributed by atoms with Crippen molar-refractivity contribution in [2.24, 2.45) is 0 Å². The molecule has 7 heteroatoms. The Morgan fingerprint density at radius 3 is 2.32 bits per heavy atom. The highest BCUT2D eigenvalue weighted by Gasteiger charge is 2.09. The van der Waals surface area contributed by atoms with Crippen LogP contribution < -0.4 is 11.1 Å². The van der Waals surface area contributed by atoms with E-state index in [9.17, 15) is 9.59 Å². The Kier molecular flexibility index (Phi) is 3.87. The number of nitrogens with one attached hydrogen (secondary N) is 1. The van der Waals surface area contributed by atoms with Crippen LogP contribution in [0.1, 0.15) is 0 Å². The molecule has 0 amide bonds. The molecule has 0 unspecified atom stereocenters. The van der Waals surface area contributed by atoms with Crippen LogP contribution in [-0.4, -0.2) is 9.55 Å². The second-order valence-electron chi connectivity index (χ2n) is 4.54. The number of hydrogen-bond acceptors (Lipinski definition) is 3. The summed E-state index contributed by atoms with van der Waals surface area (Å²) in [4.78, 5) is 27.4. The minimum atomic E-state index is -0.420. The minimum Gasteiger partial charge on any atom is -0.298 e. The molecular formula is C15H8Cl2N2O2S. The van der Waals surface area contributed by atoms with E-state index in [-0.39, 0.29) is 15.5 Å². The van der Waals surface area contributed by atoms with E-state index >= 15 is 0 Å². The van der Waals surface area contributed by atoms with Crippen LogP contribution in [-0.2, 0) is 0 Å². The van der Waals surface area contributed by atoms with Gasteiger partial charge in [-0.25, -0.2) is 0 Å². The summed E-state index contributed by atoms with van der Waals surface area (Å²) in [5.74, 6) is 0. The summed E-state index contributed by atoms with van der Waals surface area (Å²) in [6, 6.07) is 11.2. The summed E-state index contributed by atoms with van der Waals surface area (Å²) in [6.45, 7) is 0. The lowest BCUT2D eigenvalue weighted by molar-refractivity contribution is 0.943. The molecule has 0 radical (unpaired) electrons. The number of halogens is 2. The lowest BCUT2D eigenvalue weighted by Crippen LogP contribution is -2.16. The molecule has 4 nitrogen and oxygen atoms in total. The van der Waals surface area contributed by atoms with Crippen LogP contribution >= 0.6 is 35.4 Å². The van der Waals surface area contributed by atoms with Crippen LogP contribution in [0.15, 0.2) is 52.1 Å². The highest BCUT2D eigenvalue weighted by molar-refractivity contribution is 7.71. The van der Waals surface area contributed by atoms with Gasteiger partial charge in [0.2, 0.25) is 0 Å². The molecule has 0 atom stereocenters. The molecule has 2 aromatic carbocycles. The number of aromatic nitrogens is 2. The molecule has 110 valence electrons. The molecule has 1 aromatic heterocycles. The van der Waals surface area contributed by atoms with E-state index in [0.717, 1.165) is 0 Å². The maximum atomic E-state index is 12.8. The third kappa shape index (κ3) is 2.47. The van der Waals surface area contributed by atoms with Crippen molar-refractivity contribution in [1.82, 2.24) is 9.55 Å². The zero-order chi connectivity index (χ0) is 15.9. The Morgan fingerprint density at radius 1 is 0.955 bits per heavy atom. The van der Waals surface area contributed by atoms with E-state index < -0.39 is 11.1 Å². The first-order valence-corrected chi connectivity index (χ1v) is 7.39. The van der Waals surface area contributed by atoms with Gasteiger partial charge in [0.1, 0.15) is 0 Å². The fourth-order valence-electron chi connectivity index (χ4n) is 2.16. The van der Waals surface area contributed by atoms with Crippen molar-refractivity contribution in [2.75, 3.05) is 0 Å². The van der Waals surface area contributed by atoms with Gasteiger partial charge in [-0.15, -0.1) is 0 Å². The van der Waals surface area contributed by atoms with Crippen LogP contribution in [0.5, 0.6) is 0 Å². The lowest BCUT2D eigenvalue weighted by Gasteiger charge is -2.04. The van der Waals surface area contributed by atoms with Crippen LogP contribution in [0.3, 0.4) is 0 Å². The van der Waals surface area contributed by atoms with Gasteiger partial charge in [0.15, 0.2) is 4.77 Å². The highest BCUT2D eigenvalue weighted by Crippen LogP contribution is 2.24. The normalized spacial score (nSPS) is 10.8. The number of benzene rings is 2. The molecule has 1 heterocycles. The van der Waals surface area contributed by atoms with Crippen LogP contribution in [0.25, 0.3) is 16.5 Å². The largest absolute Gasteiger partial charge is 0.298 e. The lowest BCUT2D eigenvalue weighted by atomic mass is 10.2. The van der Waals surface area contributed by atoms with Gasteiger partial charge in [-0.2, -0.15) is 0 Å². The molecule has 0 aliphatic carbocycles. The van der Waals surface area contributed by atoms with Crippen molar-refractivity contribution < 1.29 is 0 Å². The number of hydrogen-bond donors (Lipinski definition) is 1. The second kappa shape index (κ2) is 5.68. The molecule has 1 N–H and O–H groups in total. The Bertz CT molecular complexity index is 1070. The van der Waals surface area contributed by atoms with Crippen LogP contribution in [0.2, 0.25) is 10.0 Å². The van der Waals surface area contributed by atoms with Gasteiger partial charge in [-0.05, 0) is 42.5 Å². The van der Waals surface area contributed by atoms with Gasteiger partial charge in [-0.1, -0.05) is 35.3 Å². The molecule has 0 spiro atoms. The van der Waals surface area contributed by atoms with Crippen molar-refractivity contribution in [2.45, 2.75) is 0 Å². The Balaban J connectivity index is 2.53. The average Bonchev–Trinajstić information content (AvgIpc) is 2.59. The molecular weight excluding hydrogens is 343 g/mol. The van der Waals surface area contributed by atoms with Gasteiger partial charge >= 0.3 is 0 Å². The topological polar surface area (TPSA) is 54.9 Å². The standard InChI is InChI=1S/C15H8Cl2N2O2S/c16-11-6-5-8(7-12(11)17)19-14(21)10-4-2-1-3-9(10)13(20)18-15(19)22/h1-7H,(H,18,20,22). The number of nitrogens with zero attached hydrogens (tertiary/aromatic N) is 1. The zero-order valence-electron chi connectivity index (χ0n) is 11.0. The SMILES string of the molecule is O=c1[nH]c(=S)n(-c2ccc(Cl)c(Cl)c2)c(=O)c2ccccc12. The van der Waals surface area contributed by atoms with Crippen molar-refractivity contribution >= 4 is 46.2 Å². The van der Waals surface area contributed by atoms with E-state index in [2.05, 4.69) is 4.98 Å². The second-order valence-corrected chi connectivity index (χ2v) is 5.74. The average molecular weight is 351 g/mol. The molecule has 0 aliphatic rings. The summed E-state index contributed by atoms with van der Waals surface area (Å²) >= 11 is 17.1. The Labute approximate surface area is 139 Å². The minimum absolute atomic E-state index is 0.00964. The van der Waals surface area contributed by atoms with Gasteiger partial charge in [0, 0.05) is 0 Å². The van der Waals surface area contributed by atoms with E-state index in [4.69, 9.17) is 35.4 Å². The summed E-state index contributed by atoms with van der Waals surface area (Å²) in [5.41, 5.74) is -0.393. The summed E-state index contributed by atoms with van der Waals surface area (Å²) in [5, 5.41) is 1.20. The smallest absolute Gasteiger partial charge is 0.265 e. The Hall–Kier alpha value is -1.95. The van der Waals surface area contributed by atoms with E-state index in [1.54, 1.807) is 36.4 Å². The molecule has 0 saturated heterocycles. The molecule has 0 bridgehead atoms. The van der Waals surface area contributed by atoms with Crippen LogP contribution in [0.4, 0.5) is 0 Å². The third-order valence-corrected chi connectivity index (χ3v) is 4.21. The van der Waals surface area contributed by atoms with Crippen LogP contribution in [0, 0.1) is 4.77 Å². The predicted octanol–water partition coefficient (Wildman–Crippen LogP) is 3.72. The van der Waals surface area contributed by atoms with Crippen molar-refractivity contribution in [1.29, 1.82) is 0 Å². The van der Waals surface area contributed by atoms with E-state index in [1.165, 1.54) is 10.6 Å². The summed E-state index contributed by atoms with van der Waals surface area (Å²) < 4.78 is 1.21. The van der Waals surface area contributed by atoms with Gasteiger partial charge in [0.25, 0.3) is 11.1 Å². The van der Waals surface area contributed by atoms with Crippen molar-refractivity contribution in [3.05, 3.63) is 78.0 Å². The monoisotopic (exact) mass is 350 g/mol. The molecule has 0 fully saturated rings. The molecule has 22 heavy (non-hydrogen) atoms. The number of fused-ring (bicyclic) bond motifs is 1. The fourth-order valence-corrected chi connectivity index (χ4v) is 2.73. The zero-order valence-corrected chi connectivity index (χ0v) is 13.3. The summed E-state index contributed by atoms with van der Waals surface area (Å²) in [6.07, 6.45) is 0. The molecule has 0 aliphatic heterocycles. The van der Waals surface area contributed by atoms with Gasteiger partial charge in [-0.3, -0.25) is 19.1 Å².